The molecule has 0 heterocycles. The van der Waals surface area contributed by atoms with Crippen molar-refractivity contribution in [3.05, 3.63) is 13.8 Å². The second-order valence-corrected chi connectivity index (χ2v) is 0.577. The van der Waals surface area contributed by atoms with Gasteiger partial charge in [0, 0.05) is 52.2 Å². The molecule has 0 saturated heterocycles. The van der Waals surface area contributed by atoms with E-state index in [4.69, 9.17) is 0 Å². The van der Waals surface area contributed by atoms with Crippen LogP contribution in [-0.4, -0.2) is 0 Å². The van der Waals surface area contributed by atoms with Crippen LogP contribution in [0.3, 0.4) is 0 Å². The molecule has 41 valence electrons. The van der Waals surface area contributed by atoms with Crippen LogP contribution in [0.2, 0.25) is 0 Å². The maximum absolute atomic E-state index is 2.00. The van der Waals surface area contributed by atoms with Crippen LogP contribution >= 0.6 is 0 Å². The molecule has 0 fully saturated rings. The molecule has 0 atom stereocenters. The summed E-state index contributed by atoms with van der Waals surface area (Å²) in [5.41, 5.74) is 0. The molecule has 0 aliphatic carbocycles. The Hall–Kier alpha value is 1.73. The Balaban J connectivity index is -0.00000000333. The summed E-state index contributed by atoms with van der Waals surface area (Å²) in [4.78, 5) is 0. The van der Waals surface area contributed by atoms with Crippen molar-refractivity contribution in [1.29, 1.82) is 0 Å². The van der Waals surface area contributed by atoms with Gasteiger partial charge in [-0.1, -0.05) is 7.43 Å². The van der Waals surface area contributed by atoms with Crippen molar-refractivity contribution in [2.45, 2.75) is 21.3 Å². The molecule has 0 amide bonds. The van der Waals surface area contributed by atoms with Gasteiger partial charge >= 0.3 is 0 Å². The Bertz CT molecular complexity index is 8.04. The molecule has 0 aromatic carbocycles. The summed E-state index contributed by atoms with van der Waals surface area (Å²) in [6.45, 7) is 4.00. The van der Waals surface area contributed by atoms with Gasteiger partial charge in [-0.25, -0.2) is 0 Å². The van der Waals surface area contributed by atoms with Gasteiger partial charge in [-0.05, 0) is 0 Å². The van der Waals surface area contributed by atoms with Crippen LogP contribution in [0.5, 0.6) is 0 Å². The minimum absolute atomic E-state index is 0. The Morgan fingerprint density at radius 1 is 1.14 bits per heavy atom. The molecule has 0 bridgehead atoms. The maximum atomic E-state index is 2.00. The van der Waals surface area contributed by atoms with Gasteiger partial charge in [0.2, 0.25) is 0 Å². The zero-order chi connectivity index (χ0) is 2.71. The summed E-state index contributed by atoms with van der Waals surface area (Å²) in [5.74, 6) is 0. The van der Waals surface area contributed by atoms with Gasteiger partial charge in [0.25, 0.3) is 0 Å². The normalized spacial score (nSPS) is 2.57. The number of hydrogen-bond acceptors (Lipinski definition) is 0. The van der Waals surface area contributed by atoms with E-state index in [9.17, 15) is 0 Å². The van der Waals surface area contributed by atoms with Gasteiger partial charge in [0.15, 0.2) is 0 Å². The molecular weight excluding hydrogens is 214 g/mol. The third-order valence-electron chi connectivity index (χ3n) is 0. The molecular formula is C5H14YZn-2. The van der Waals surface area contributed by atoms with Crippen molar-refractivity contribution in [3.63, 3.8) is 0 Å². The first-order chi connectivity index (χ1) is 1.41. The average Bonchev–Trinajstić information content (AvgIpc) is 0.918. The third kappa shape index (κ3) is 85.0. The molecule has 0 N–H and O–H groups in total. The van der Waals surface area contributed by atoms with Crippen LogP contribution in [0.15, 0.2) is 0 Å². The van der Waals surface area contributed by atoms with Crippen LogP contribution in [-0.2, 0) is 52.2 Å². The molecule has 0 aromatic heterocycles. The van der Waals surface area contributed by atoms with Crippen molar-refractivity contribution >= 4 is 0 Å². The van der Waals surface area contributed by atoms with Crippen LogP contribution in [0, 0.1) is 13.8 Å². The zero-order valence-electron chi connectivity index (χ0n) is 4.86. The van der Waals surface area contributed by atoms with Gasteiger partial charge in [-0.2, -0.15) is 13.8 Å². The van der Waals surface area contributed by atoms with E-state index in [2.05, 4.69) is 0 Å². The van der Waals surface area contributed by atoms with E-state index < -0.39 is 0 Å². The smallest absolute Gasteiger partial charge is 0 e. The van der Waals surface area contributed by atoms with E-state index in [1.54, 1.807) is 0 Å². The van der Waals surface area contributed by atoms with Crippen LogP contribution in [0.25, 0.3) is 0 Å². The molecule has 0 saturated carbocycles. The first-order valence-corrected chi connectivity index (χ1v) is 1.15. The van der Waals surface area contributed by atoms with E-state index in [-0.39, 0.29) is 67.0 Å². The molecule has 2 heteroatoms. The van der Waals surface area contributed by atoms with E-state index >= 15 is 0 Å². The van der Waals surface area contributed by atoms with Crippen molar-refractivity contribution < 1.29 is 52.2 Å². The van der Waals surface area contributed by atoms with E-state index in [0.717, 1.165) is 0 Å². The quantitative estimate of drug-likeness (QED) is 0.441. The van der Waals surface area contributed by atoms with Crippen LogP contribution in [0.1, 0.15) is 21.3 Å². The van der Waals surface area contributed by atoms with Crippen molar-refractivity contribution in [3.8, 4) is 0 Å². The Labute approximate surface area is 86.5 Å². The summed E-state index contributed by atoms with van der Waals surface area (Å²) < 4.78 is 0. The van der Waals surface area contributed by atoms with Crippen molar-refractivity contribution in [2.24, 2.45) is 0 Å². The fourth-order valence-electron chi connectivity index (χ4n) is 0. The molecule has 1 radical (unpaired) electrons. The Morgan fingerprint density at radius 3 is 1.14 bits per heavy atom. The molecule has 7 heavy (non-hydrogen) atoms. The summed E-state index contributed by atoms with van der Waals surface area (Å²) in [6.07, 6.45) is 2.00. The predicted octanol–water partition coefficient (Wildman–Crippen LogP) is 2.31. The zero-order valence-corrected chi connectivity index (χ0v) is 10.7. The standard InChI is InChI=1S/C3H7.CH4.CH3.Y.Zn/c1-3-2;;;;/h3H,1-2H3;1H4;1H3;;/q-1;;-1;;. The molecule has 0 rings (SSSR count). The third-order valence-corrected chi connectivity index (χ3v) is 0. The van der Waals surface area contributed by atoms with Crippen LogP contribution in [0.4, 0.5) is 0 Å². The van der Waals surface area contributed by atoms with Gasteiger partial charge in [0.1, 0.15) is 0 Å². The summed E-state index contributed by atoms with van der Waals surface area (Å²) in [7, 11) is 0. The fourth-order valence-corrected chi connectivity index (χ4v) is 0. The summed E-state index contributed by atoms with van der Waals surface area (Å²) in [6, 6.07) is 0. The maximum Gasteiger partial charge on any atom is 0 e. The van der Waals surface area contributed by atoms with E-state index in [1.807, 2.05) is 20.3 Å². The van der Waals surface area contributed by atoms with Gasteiger partial charge < -0.3 is 13.8 Å². The molecule has 0 aliphatic heterocycles. The largest absolute Gasteiger partial charge is 0.358 e. The predicted molar refractivity (Wildman–Crippen MR) is 28.8 cm³/mol. The first-order valence-electron chi connectivity index (χ1n) is 1.15. The summed E-state index contributed by atoms with van der Waals surface area (Å²) in [5, 5.41) is 0. The van der Waals surface area contributed by atoms with Crippen LogP contribution < -0.4 is 0 Å². The van der Waals surface area contributed by atoms with Gasteiger partial charge in [-0.15, -0.1) is 0 Å². The van der Waals surface area contributed by atoms with E-state index in [1.165, 1.54) is 0 Å². The fraction of sp³-hybridized carbons (Fsp3) is 0.600. The number of rotatable bonds is 0. The second kappa shape index (κ2) is 47.0. The van der Waals surface area contributed by atoms with Gasteiger partial charge in [-0.3, -0.25) is 0 Å². The SMILES string of the molecule is C.C[CH-]C.[CH3-].[Y].[Zn]. The second-order valence-electron chi connectivity index (χ2n) is 0.577. The Kier molecular flexibility index (Phi) is 252. The average molecular weight is 228 g/mol. The minimum atomic E-state index is 0. The van der Waals surface area contributed by atoms with Crippen molar-refractivity contribution in [1.82, 2.24) is 0 Å². The van der Waals surface area contributed by atoms with Gasteiger partial charge in [0.05, 0.1) is 0 Å². The Morgan fingerprint density at radius 2 is 1.14 bits per heavy atom. The first kappa shape index (κ1) is 37.5. The molecule has 0 nitrogen and oxygen atoms in total. The molecule has 0 unspecified atom stereocenters. The molecule has 0 aliphatic rings. The van der Waals surface area contributed by atoms with E-state index in [0.29, 0.717) is 0 Å². The molecule has 0 spiro atoms. The van der Waals surface area contributed by atoms with Crippen molar-refractivity contribution in [2.75, 3.05) is 0 Å². The number of hydrogen-bond donors (Lipinski definition) is 0. The summed E-state index contributed by atoms with van der Waals surface area (Å²) >= 11 is 0. The monoisotopic (exact) mass is 227 g/mol. The minimum Gasteiger partial charge on any atom is -0.358 e. The topological polar surface area (TPSA) is 0 Å². The molecule has 0 aromatic rings.